The van der Waals surface area contributed by atoms with Crippen LogP contribution in [0, 0.1) is 20.8 Å². The Hall–Kier alpha value is -2.29. The molecule has 3 nitrogen and oxygen atoms in total. The van der Waals surface area contributed by atoms with Crippen LogP contribution in [0.2, 0.25) is 0 Å². The van der Waals surface area contributed by atoms with Crippen molar-refractivity contribution in [1.29, 1.82) is 0 Å². The number of nitrogens with one attached hydrogen (secondary N) is 1. The second-order valence-corrected chi connectivity index (χ2v) is 4.79. The third-order valence-electron chi connectivity index (χ3n) is 3.25. The second kappa shape index (κ2) is 5.14. The Bertz CT molecular complexity index is 633. The third kappa shape index (κ3) is 2.76. The minimum atomic E-state index is -0.0922. The van der Waals surface area contributed by atoms with E-state index in [2.05, 4.69) is 5.32 Å². The molecule has 2 aromatic rings. The second-order valence-electron chi connectivity index (χ2n) is 4.79. The van der Waals surface area contributed by atoms with Gasteiger partial charge in [0.1, 0.15) is 0 Å². The summed E-state index contributed by atoms with van der Waals surface area (Å²) in [6, 6.07) is 11.3. The van der Waals surface area contributed by atoms with Gasteiger partial charge in [0.25, 0.3) is 5.91 Å². The Labute approximate surface area is 113 Å². The van der Waals surface area contributed by atoms with Gasteiger partial charge in [0.05, 0.1) is 0 Å². The van der Waals surface area contributed by atoms with Gasteiger partial charge in [0.2, 0.25) is 0 Å². The SMILES string of the molecule is Cc1cc(NC(=O)c2ccccc2C)c(C)cc1N. The van der Waals surface area contributed by atoms with Crippen LogP contribution in [0.15, 0.2) is 36.4 Å². The summed E-state index contributed by atoms with van der Waals surface area (Å²) >= 11 is 0. The van der Waals surface area contributed by atoms with Crippen molar-refractivity contribution in [2.75, 3.05) is 11.1 Å². The molecule has 0 atom stereocenters. The molecule has 0 unspecified atom stereocenters. The van der Waals surface area contributed by atoms with Crippen LogP contribution in [0.3, 0.4) is 0 Å². The normalized spacial score (nSPS) is 10.3. The molecule has 0 fully saturated rings. The fraction of sp³-hybridized carbons (Fsp3) is 0.188. The van der Waals surface area contributed by atoms with E-state index >= 15 is 0 Å². The molecule has 0 heterocycles. The highest BCUT2D eigenvalue weighted by Gasteiger charge is 2.10. The Morgan fingerprint density at radius 3 is 2.37 bits per heavy atom. The smallest absolute Gasteiger partial charge is 0.255 e. The molecule has 0 saturated carbocycles. The van der Waals surface area contributed by atoms with E-state index in [9.17, 15) is 4.79 Å². The van der Waals surface area contributed by atoms with E-state index in [1.165, 1.54) is 0 Å². The zero-order valence-electron chi connectivity index (χ0n) is 11.4. The summed E-state index contributed by atoms with van der Waals surface area (Å²) in [6.07, 6.45) is 0. The summed E-state index contributed by atoms with van der Waals surface area (Å²) in [5, 5.41) is 2.94. The summed E-state index contributed by atoms with van der Waals surface area (Å²) in [7, 11) is 0. The number of nitrogen functional groups attached to an aromatic ring is 1. The number of nitrogens with two attached hydrogens (primary N) is 1. The number of hydrogen-bond donors (Lipinski definition) is 2. The standard InChI is InChI=1S/C16H18N2O/c1-10-6-4-5-7-13(10)16(19)18-15-9-11(2)14(17)8-12(15)3/h4-9H,17H2,1-3H3,(H,18,19). The van der Waals surface area contributed by atoms with Crippen LogP contribution in [-0.2, 0) is 0 Å². The van der Waals surface area contributed by atoms with E-state index in [1.54, 1.807) is 0 Å². The van der Waals surface area contributed by atoms with Crippen LogP contribution >= 0.6 is 0 Å². The van der Waals surface area contributed by atoms with Gasteiger partial charge in [0, 0.05) is 16.9 Å². The molecule has 0 aromatic heterocycles. The first kappa shape index (κ1) is 13.1. The molecule has 2 aromatic carbocycles. The Kier molecular flexibility index (Phi) is 3.56. The summed E-state index contributed by atoms with van der Waals surface area (Å²) in [6.45, 7) is 5.79. The van der Waals surface area contributed by atoms with Crippen molar-refractivity contribution in [3.05, 3.63) is 58.7 Å². The molecular weight excluding hydrogens is 236 g/mol. The van der Waals surface area contributed by atoms with Gasteiger partial charge in [-0.1, -0.05) is 18.2 Å². The van der Waals surface area contributed by atoms with E-state index in [0.29, 0.717) is 5.56 Å². The molecule has 3 heteroatoms. The van der Waals surface area contributed by atoms with Gasteiger partial charge in [0.15, 0.2) is 0 Å². The summed E-state index contributed by atoms with van der Waals surface area (Å²) in [5.74, 6) is -0.0922. The highest BCUT2D eigenvalue weighted by Crippen LogP contribution is 2.23. The van der Waals surface area contributed by atoms with Crippen molar-refractivity contribution < 1.29 is 4.79 Å². The maximum atomic E-state index is 12.2. The van der Waals surface area contributed by atoms with Crippen molar-refractivity contribution in [2.45, 2.75) is 20.8 Å². The lowest BCUT2D eigenvalue weighted by atomic mass is 10.1. The Morgan fingerprint density at radius 2 is 1.68 bits per heavy atom. The lowest BCUT2D eigenvalue weighted by molar-refractivity contribution is 0.102. The van der Waals surface area contributed by atoms with E-state index in [-0.39, 0.29) is 5.91 Å². The third-order valence-corrected chi connectivity index (χ3v) is 3.25. The zero-order chi connectivity index (χ0) is 14.0. The number of aryl methyl sites for hydroxylation is 3. The van der Waals surface area contributed by atoms with Crippen LogP contribution in [-0.4, -0.2) is 5.91 Å². The average molecular weight is 254 g/mol. The largest absolute Gasteiger partial charge is 0.399 e. The van der Waals surface area contributed by atoms with Crippen molar-refractivity contribution >= 4 is 17.3 Å². The fourth-order valence-corrected chi connectivity index (χ4v) is 1.99. The van der Waals surface area contributed by atoms with E-state index in [1.807, 2.05) is 57.2 Å². The van der Waals surface area contributed by atoms with Crippen molar-refractivity contribution in [3.63, 3.8) is 0 Å². The molecule has 0 bridgehead atoms. The number of rotatable bonds is 2. The number of anilines is 2. The predicted molar refractivity (Wildman–Crippen MR) is 79.5 cm³/mol. The average Bonchev–Trinajstić information content (AvgIpc) is 2.36. The van der Waals surface area contributed by atoms with Crippen molar-refractivity contribution in [2.24, 2.45) is 0 Å². The molecule has 0 saturated heterocycles. The molecule has 98 valence electrons. The molecule has 0 radical (unpaired) electrons. The van der Waals surface area contributed by atoms with E-state index in [0.717, 1.165) is 28.1 Å². The maximum absolute atomic E-state index is 12.2. The Balaban J connectivity index is 2.30. The fourth-order valence-electron chi connectivity index (χ4n) is 1.99. The van der Waals surface area contributed by atoms with Crippen LogP contribution in [0.25, 0.3) is 0 Å². The van der Waals surface area contributed by atoms with Crippen LogP contribution in [0.1, 0.15) is 27.0 Å². The van der Waals surface area contributed by atoms with Crippen LogP contribution < -0.4 is 11.1 Å². The lowest BCUT2D eigenvalue weighted by Crippen LogP contribution is -2.14. The molecule has 1 amide bonds. The zero-order valence-corrected chi connectivity index (χ0v) is 11.4. The first-order chi connectivity index (χ1) is 8.99. The van der Waals surface area contributed by atoms with Gasteiger partial charge in [-0.25, -0.2) is 0 Å². The number of carbonyl (C=O) groups is 1. The molecule has 2 rings (SSSR count). The molecule has 0 aliphatic carbocycles. The van der Waals surface area contributed by atoms with Gasteiger partial charge < -0.3 is 11.1 Å². The number of amides is 1. The molecule has 0 aliphatic heterocycles. The minimum absolute atomic E-state index is 0.0922. The first-order valence-corrected chi connectivity index (χ1v) is 6.22. The highest BCUT2D eigenvalue weighted by molar-refractivity contribution is 6.05. The van der Waals surface area contributed by atoms with Gasteiger partial charge in [-0.05, 0) is 55.7 Å². The quantitative estimate of drug-likeness (QED) is 0.806. The van der Waals surface area contributed by atoms with Gasteiger partial charge in [-0.3, -0.25) is 4.79 Å². The molecule has 19 heavy (non-hydrogen) atoms. The van der Waals surface area contributed by atoms with E-state index < -0.39 is 0 Å². The maximum Gasteiger partial charge on any atom is 0.255 e. The van der Waals surface area contributed by atoms with E-state index in [4.69, 9.17) is 5.73 Å². The first-order valence-electron chi connectivity index (χ1n) is 6.22. The Morgan fingerprint density at radius 1 is 1.00 bits per heavy atom. The van der Waals surface area contributed by atoms with Crippen molar-refractivity contribution in [3.8, 4) is 0 Å². The molecule has 0 aliphatic rings. The highest BCUT2D eigenvalue weighted by atomic mass is 16.1. The minimum Gasteiger partial charge on any atom is -0.399 e. The molecule has 3 N–H and O–H groups in total. The lowest BCUT2D eigenvalue weighted by Gasteiger charge is -2.12. The van der Waals surface area contributed by atoms with Gasteiger partial charge in [-0.15, -0.1) is 0 Å². The number of benzene rings is 2. The predicted octanol–water partition coefficient (Wildman–Crippen LogP) is 3.45. The van der Waals surface area contributed by atoms with Crippen LogP contribution in [0.4, 0.5) is 11.4 Å². The summed E-state index contributed by atoms with van der Waals surface area (Å²) in [4.78, 5) is 12.2. The summed E-state index contributed by atoms with van der Waals surface area (Å²) in [5.41, 5.74) is 11.0. The molecular formula is C16H18N2O. The summed E-state index contributed by atoms with van der Waals surface area (Å²) < 4.78 is 0. The van der Waals surface area contributed by atoms with Gasteiger partial charge >= 0.3 is 0 Å². The van der Waals surface area contributed by atoms with Crippen LogP contribution in [0.5, 0.6) is 0 Å². The van der Waals surface area contributed by atoms with Gasteiger partial charge in [-0.2, -0.15) is 0 Å². The monoisotopic (exact) mass is 254 g/mol. The molecule has 0 spiro atoms. The number of carbonyl (C=O) groups excluding carboxylic acids is 1. The van der Waals surface area contributed by atoms with Crippen molar-refractivity contribution in [1.82, 2.24) is 0 Å². The number of hydrogen-bond acceptors (Lipinski definition) is 2. The topological polar surface area (TPSA) is 55.1 Å².